The Kier molecular flexibility index (Phi) is 3.66. The zero-order valence-electron chi connectivity index (χ0n) is 13.4. The van der Waals surface area contributed by atoms with Gasteiger partial charge in [0.15, 0.2) is 0 Å². The molecule has 1 spiro atoms. The third kappa shape index (κ3) is 2.41. The Morgan fingerprint density at radius 3 is 2.20 bits per heavy atom. The van der Waals surface area contributed by atoms with Crippen LogP contribution in [0.1, 0.15) is 62.1 Å². The van der Waals surface area contributed by atoms with E-state index in [0.717, 1.165) is 12.0 Å². The van der Waals surface area contributed by atoms with Gasteiger partial charge in [-0.15, -0.1) is 0 Å². The van der Waals surface area contributed by atoms with Crippen molar-refractivity contribution in [3.8, 4) is 0 Å². The lowest BCUT2D eigenvalue weighted by molar-refractivity contribution is -0.0482. The first-order valence-corrected chi connectivity index (χ1v) is 8.37. The average molecular weight is 271 g/mol. The normalized spacial score (nSPS) is 22.4. The lowest BCUT2D eigenvalue weighted by Crippen LogP contribution is -2.57. The van der Waals surface area contributed by atoms with Gasteiger partial charge in [-0.2, -0.15) is 0 Å². The van der Waals surface area contributed by atoms with Crippen LogP contribution in [0.2, 0.25) is 0 Å². The van der Waals surface area contributed by atoms with Crippen LogP contribution in [0.3, 0.4) is 0 Å². The van der Waals surface area contributed by atoms with E-state index in [0.29, 0.717) is 5.41 Å². The lowest BCUT2D eigenvalue weighted by Gasteiger charge is -2.62. The Labute approximate surface area is 124 Å². The van der Waals surface area contributed by atoms with E-state index in [2.05, 4.69) is 44.3 Å². The number of nitrogens with one attached hydrogen (secondary N) is 1. The molecular weight excluding hydrogens is 242 g/mol. The highest BCUT2D eigenvalue weighted by atomic mass is 14.9. The largest absolute Gasteiger partial charge is 0.316 e. The van der Waals surface area contributed by atoms with Gasteiger partial charge in [0, 0.05) is 12.0 Å². The van der Waals surface area contributed by atoms with Gasteiger partial charge >= 0.3 is 0 Å². The first kappa shape index (κ1) is 14.1. The van der Waals surface area contributed by atoms with Crippen LogP contribution in [0, 0.1) is 19.3 Å². The molecule has 2 aliphatic carbocycles. The highest BCUT2D eigenvalue weighted by Crippen LogP contribution is 2.64. The standard InChI is InChI=1S/C19H29N/c1-4-8-20-14-19(12-18(13-19)6-5-7-18)17-10-15(2)9-16(3)11-17/h9-11,20H,4-8,12-14H2,1-3H3. The van der Waals surface area contributed by atoms with E-state index >= 15 is 0 Å². The zero-order valence-corrected chi connectivity index (χ0v) is 13.4. The van der Waals surface area contributed by atoms with E-state index in [1.54, 1.807) is 5.56 Å². The summed E-state index contributed by atoms with van der Waals surface area (Å²) in [5.74, 6) is 0. The topological polar surface area (TPSA) is 12.0 Å². The van der Waals surface area contributed by atoms with Gasteiger partial charge < -0.3 is 5.32 Å². The van der Waals surface area contributed by atoms with Crippen LogP contribution in [0.25, 0.3) is 0 Å². The Morgan fingerprint density at radius 1 is 1.05 bits per heavy atom. The molecule has 0 amide bonds. The van der Waals surface area contributed by atoms with E-state index < -0.39 is 0 Å². The van der Waals surface area contributed by atoms with Crippen molar-refractivity contribution >= 4 is 0 Å². The predicted octanol–water partition coefficient (Wildman–Crippen LogP) is 4.50. The molecule has 1 aromatic rings. The maximum atomic E-state index is 3.70. The fourth-order valence-electron chi connectivity index (χ4n) is 4.63. The molecule has 20 heavy (non-hydrogen) atoms. The smallest absolute Gasteiger partial charge is 0.00885 e. The third-order valence-electron chi connectivity index (χ3n) is 5.57. The molecule has 2 fully saturated rings. The highest BCUT2D eigenvalue weighted by Gasteiger charge is 2.57. The molecule has 0 bridgehead atoms. The van der Waals surface area contributed by atoms with E-state index in [1.165, 1.54) is 56.2 Å². The summed E-state index contributed by atoms with van der Waals surface area (Å²) in [6.45, 7) is 9.05. The molecule has 1 aromatic carbocycles. The number of rotatable bonds is 5. The molecule has 0 aliphatic heterocycles. The Hall–Kier alpha value is -0.820. The lowest BCUT2D eigenvalue weighted by atomic mass is 9.43. The van der Waals surface area contributed by atoms with Gasteiger partial charge in [0.25, 0.3) is 0 Å². The third-order valence-corrected chi connectivity index (χ3v) is 5.57. The van der Waals surface area contributed by atoms with Crippen LogP contribution in [0.5, 0.6) is 0 Å². The maximum Gasteiger partial charge on any atom is 0.00885 e. The van der Waals surface area contributed by atoms with Crippen LogP contribution < -0.4 is 5.32 Å². The summed E-state index contributed by atoms with van der Waals surface area (Å²) in [7, 11) is 0. The first-order valence-electron chi connectivity index (χ1n) is 8.37. The van der Waals surface area contributed by atoms with Crippen LogP contribution in [-0.2, 0) is 5.41 Å². The summed E-state index contributed by atoms with van der Waals surface area (Å²) < 4.78 is 0. The number of benzene rings is 1. The molecular formula is C19H29N. The summed E-state index contributed by atoms with van der Waals surface area (Å²) >= 11 is 0. The molecule has 0 unspecified atom stereocenters. The van der Waals surface area contributed by atoms with Crippen LogP contribution in [0.15, 0.2) is 18.2 Å². The minimum Gasteiger partial charge on any atom is -0.316 e. The quantitative estimate of drug-likeness (QED) is 0.777. The Bertz CT molecular complexity index is 456. The zero-order chi connectivity index (χ0) is 14.2. The highest BCUT2D eigenvalue weighted by molar-refractivity contribution is 5.38. The molecule has 1 nitrogen and oxygen atoms in total. The summed E-state index contributed by atoms with van der Waals surface area (Å²) in [5.41, 5.74) is 5.59. The van der Waals surface area contributed by atoms with Gasteiger partial charge in [-0.1, -0.05) is 42.7 Å². The molecule has 0 aromatic heterocycles. The maximum absolute atomic E-state index is 3.70. The van der Waals surface area contributed by atoms with E-state index in [9.17, 15) is 0 Å². The van der Waals surface area contributed by atoms with E-state index in [1.807, 2.05) is 0 Å². The summed E-state index contributed by atoms with van der Waals surface area (Å²) in [5, 5.41) is 3.70. The average Bonchev–Trinajstić information content (AvgIpc) is 2.28. The van der Waals surface area contributed by atoms with Gasteiger partial charge in [0.05, 0.1) is 0 Å². The monoisotopic (exact) mass is 271 g/mol. The molecule has 3 rings (SSSR count). The predicted molar refractivity (Wildman–Crippen MR) is 86.3 cm³/mol. The van der Waals surface area contributed by atoms with Crippen molar-refractivity contribution in [2.75, 3.05) is 13.1 Å². The Morgan fingerprint density at radius 2 is 1.70 bits per heavy atom. The fraction of sp³-hybridized carbons (Fsp3) is 0.684. The molecule has 0 atom stereocenters. The number of hydrogen-bond acceptors (Lipinski definition) is 1. The minimum absolute atomic E-state index is 0.423. The van der Waals surface area contributed by atoms with Crippen molar-refractivity contribution in [2.24, 2.45) is 5.41 Å². The second-order valence-corrected chi connectivity index (χ2v) is 7.54. The van der Waals surface area contributed by atoms with Crippen LogP contribution >= 0.6 is 0 Å². The molecule has 1 N–H and O–H groups in total. The van der Waals surface area contributed by atoms with Gasteiger partial charge in [0.2, 0.25) is 0 Å². The summed E-state index contributed by atoms with van der Waals surface area (Å²) in [6, 6.07) is 7.17. The molecule has 110 valence electrons. The van der Waals surface area contributed by atoms with Crippen molar-refractivity contribution in [1.29, 1.82) is 0 Å². The van der Waals surface area contributed by atoms with E-state index in [4.69, 9.17) is 0 Å². The molecule has 0 heterocycles. The molecule has 1 heteroatoms. The Balaban J connectivity index is 1.81. The van der Waals surface area contributed by atoms with Crippen molar-refractivity contribution in [1.82, 2.24) is 5.32 Å². The number of hydrogen-bond donors (Lipinski definition) is 1. The minimum atomic E-state index is 0.423. The van der Waals surface area contributed by atoms with Gasteiger partial charge in [0.1, 0.15) is 0 Å². The van der Waals surface area contributed by atoms with Crippen molar-refractivity contribution in [3.63, 3.8) is 0 Å². The summed E-state index contributed by atoms with van der Waals surface area (Å²) in [6.07, 6.45) is 8.49. The fourth-order valence-corrected chi connectivity index (χ4v) is 4.63. The second-order valence-electron chi connectivity index (χ2n) is 7.54. The van der Waals surface area contributed by atoms with Gasteiger partial charge in [-0.25, -0.2) is 0 Å². The van der Waals surface area contributed by atoms with Gasteiger partial charge in [-0.3, -0.25) is 0 Å². The van der Waals surface area contributed by atoms with Crippen molar-refractivity contribution < 1.29 is 0 Å². The molecule has 0 radical (unpaired) electrons. The van der Waals surface area contributed by atoms with Crippen molar-refractivity contribution in [3.05, 3.63) is 34.9 Å². The molecule has 2 saturated carbocycles. The van der Waals surface area contributed by atoms with E-state index in [-0.39, 0.29) is 0 Å². The molecule has 2 aliphatic rings. The molecule has 0 saturated heterocycles. The SMILES string of the molecule is CCCNCC1(c2cc(C)cc(C)c2)CC2(CCC2)C1. The summed E-state index contributed by atoms with van der Waals surface area (Å²) in [4.78, 5) is 0. The second kappa shape index (κ2) is 5.18. The van der Waals surface area contributed by atoms with Crippen LogP contribution in [0.4, 0.5) is 0 Å². The van der Waals surface area contributed by atoms with Gasteiger partial charge in [-0.05, 0) is 63.5 Å². The number of aryl methyl sites for hydroxylation is 2. The first-order chi connectivity index (χ1) is 9.57. The van der Waals surface area contributed by atoms with Crippen molar-refractivity contribution in [2.45, 2.75) is 64.7 Å². The van der Waals surface area contributed by atoms with Crippen LogP contribution in [-0.4, -0.2) is 13.1 Å².